The number of ether oxygens (including phenoxy) is 1. The molecule has 2 unspecified atom stereocenters. The minimum absolute atomic E-state index is 0.0883. The van der Waals surface area contributed by atoms with Crippen molar-refractivity contribution in [2.24, 2.45) is 5.92 Å². The number of esters is 1. The molecule has 0 radical (unpaired) electrons. The first-order valence-electron chi connectivity index (χ1n) is 6.16. The van der Waals surface area contributed by atoms with Crippen LogP contribution in [0.4, 0.5) is 0 Å². The highest BCUT2D eigenvalue weighted by Gasteiger charge is 2.25. The summed E-state index contributed by atoms with van der Waals surface area (Å²) in [4.78, 5) is 13.6. The SMILES string of the molecule is CCN1CC(CCC(=O)OC)CC(NC)C1. The van der Waals surface area contributed by atoms with Crippen LogP contribution in [-0.4, -0.2) is 50.7 Å². The number of nitrogens with zero attached hydrogens (tertiary/aromatic N) is 1. The van der Waals surface area contributed by atoms with E-state index in [1.165, 1.54) is 13.5 Å². The lowest BCUT2D eigenvalue weighted by Crippen LogP contribution is -2.48. The van der Waals surface area contributed by atoms with E-state index in [2.05, 4.69) is 21.9 Å². The zero-order valence-corrected chi connectivity index (χ0v) is 10.7. The summed E-state index contributed by atoms with van der Waals surface area (Å²) in [6.45, 7) is 5.52. The van der Waals surface area contributed by atoms with Gasteiger partial charge in [-0.2, -0.15) is 0 Å². The number of likely N-dealkylation sites (N-methyl/N-ethyl adjacent to an activating group) is 2. The van der Waals surface area contributed by atoms with Gasteiger partial charge in [0.15, 0.2) is 0 Å². The smallest absolute Gasteiger partial charge is 0.305 e. The number of carbonyl (C=O) groups excluding carboxylic acids is 1. The lowest BCUT2D eigenvalue weighted by atomic mass is 9.90. The van der Waals surface area contributed by atoms with Gasteiger partial charge in [0.05, 0.1) is 7.11 Å². The van der Waals surface area contributed by atoms with E-state index in [9.17, 15) is 4.79 Å². The van der Waals surface area contributed by atoms with Crippen LogP contribution in [-0.2, 0) is 9.53 Å². The van der Waals surface area contributed by atoms with Gasteiger partial charge in [-0.25, -0.2) is 0 Å². The fraction of sp³-hybridized carbons (Fsp3) is 0.917. The third kappa shape index (κ3) is 4.10. The molecule has 16 heavy (non-hydrogen) atoms. The van der Waals surface area contributed by atoms with Gasteiger partial charge in [-0.1, -0.05) is 6.92 Å². The maximum absolute atomic E-state index is 11.1. The molecular weight excluding hydrogens is 204 g/mol. The first-order chi connectivity index (χ1) is 7.69. The molecule has 94 valence electrons. The van der Waals surface area contributed by atoms with Crippen molar-refractivity contribution in [3.63, 3.8) is 0 Å². The Hall–Kier alpha value is -0.610. The first kappa shape index (κ1) is 13.5. The van der Waals surface area contributed by atoms with Gasteiger partial charge in [0.25, 0.3) is 0 Å². The third-order valence-electron chi connectivity index (χ3n) is 3.45. The summed E-state index contributed by atoms with van der Waals surface area (Å²) in [6, 6.07) is 0.566. The predicted molar refractivity (Wildman–Crippen MR) is 64.3 cm³/mol. The Kier molecular flexibility index (Phi) is 5.77. The molecule has 0 aromatic heterocycles. The zero-order valence-electron chi connectivity index (χ0n) is 10.7. The van der Waals surface area contributed by atoms with E-state index in [0.29, 0.717) is 18.4 Å². The second kappa shape index (κ2) is 6.86. The van der Waals surface area contributed by atoms with Crippen LogP contribution in [0.5, 0.6) is 0 Å². The van der Waals surface area contributed by atoms with Gasteiger partial charge in [0.1, 0.15) is 0 Å². The number of rotatable bonds is 5. The average molecular weight is 228 g/mol. The van der Waals surface area contributed by atoms with E-state index in [-0.39, 0.29) is 5.97 Å². The Morgan fingerprint density at radius 2 is 2.25 bits per heavy atom. The van der Waals surface area contributed by atoms with Crippen LogP contribution in [0.3, 0.4) is 0 Å². The average Bonchev–Trinajstić information content (AvgIpc) is 2.35. The zero-order chi connectivity index (χ0) is 12.0. The summed E-state index contributed by atoms with van der Waals surface area (Å²) in [5, 5.41) is 3.34. The Bertz CT molecular complexity index is 209. The largest absolute Gasteiger partial charge is 0.469 e. The van der Waals surface area contributed by atoms with Crippen molar-refractivity contribution in [2.45, 2.75) is 32.2 Å². The Morgan fingerprint density at radius 1 is 1.50 bits per heavy atom. The van der Waals surface area contributed by atoms with Gasteiger partial charge in [-0.3, -0.25) is 4.79 Å². The van der Waals surface area contributed by atoms with Crippen LogP contribution >= 0.6 is 0 Å². The molecule has 1 aliphatic rings. The van der Waals surface area contributed by atoms with E-state index >= 15 is 0 Å². The highest BCUT2D eigenvalue weighted by molar-refractivity contribution is 5.69. The highest BCUT2D eigenvalue weighted by Crippen LogP contribution is 2.21. The van der Waals surface area contributed by atoms with E-state index in [4.69, 9.17) is 0 Å². The Morgan fingerprint density at radius 3 is 2.81 bits per heavy atom. The van der Waals surface area contributed by atoms with Gasteiger partial charge in [0.2, 0.25) is 0 Å². The highest BCUT2D eigenvalue weighted by atomic mass is 16.5. The monoisotopic (exact) mass is 228 g/mol. The molecule has 1 fully saturated rings. The second-order valence-corrected chi connectivity index (χ2v) is 4.55. The molecule has 0 aromatic carbocycles. The van der Waals surface area contributed by atoms with Crippen LogP contribution in [0, 0.1) is 5.92 Å². The number of hydrogen-bond donors (Lipinski definition) is 1. The number of likely N-dealkylation sites (tertiary alicyclic amines) is 1. The van der Waals surface area contributed by atoms with Crippen LogP contribution in [0.25, 0.3) is 0 Å². The second-order valence-electron chi connectivity index (χ2n) is 4.55. The third-order valence-corrected chi connectivity index (χ3v) is 3.45. The molecule has 1 rings (SSSR count). The molecule has 0 aliphatic carbocycles. The number of nitrogens with one attached hydrogen (secondary N) is 1. The maximum Gasteiger partial charge on any atom is 0.305 e. The van der Waals surface area contributed by atoms with E-state index in [1.807, 2.05) is 7.05 Å². The van der Waals surface area contributed by atoms with Gasteiger partial charge < -0.3 is 15.0 Å². The molecule has 0 spiro atoms. The van der Waals surface area contributed by atoms with Gasteiger partial charge in [0, 0.05) is 25.6 Å². The first-order valence-corrected chi connectivity index (χ1v) is 6.16. The summed E-state index contributed by atoms with van der Waals surface area (Å²) in [7, 11) is 3.47. The molecule has 1 saturated heterocycles. The molecule has 0 aromatic rings. The van der Waals surface area contributed by atoms with Gasteiger partial charge >= 0.3 is 5.97 Å². The van der Waals surface area contributed by atoms with Crippen LogP contribution in [0.2, 0.25) is 0 Å². The molecule has 4 heteroatoms. The molecule has 1 N–H and O–H groups in total. The van der Waals surface area contributed by atoms with Crippen molar-refractivity contribution in [3.8, 4) is 0 Å². The minimum Gasteiger partial charge on any atom is -0.469 e. The van der Waals surface area contributed by atoms with Crippen molar-refractivity contribution >= 4 is 5.97 Å². The van der Waals surface area contributed by atoms with Crippen molar-refractivity contribution < 1.29 is 9.53 Å². The van der Waals surface area contributed by atoms with Crippen LogP contribution in [0.1, 0.15) is 26.2 Å². The van der Waals surface area contributed by atoms with E-state index < -0.39 is 0 Å². The lowest BCUT2D eigenvalue weighted by Gasteiger charge is -2.37. The normalized spacial score (nSPS) is 26.7. The molecule has 2 atom stereocenters. The standard InChI is InChI=1S/C12H24N2O2/c1-4-14-8-10(5-6-12(15)16-3)7-11(9-14)13-2/h10-11,13H,4-9H2,1-3H3. The maximum atomic E-state index is 11.1. The molecular formula is C12H24N2O2. The van der Waals surface area contributed by atoms with Gasteiger partial charge in [-0.15, -0.1) is 0 Å². The van der Waals surface area contributed by atoms with Crippen molar-refractivity contribution in [1.82, 2.24) is 10.2 Å². The summed E-state index contributed by atoms with van der Waals surface area (Å²) in [6.07, 6.45) is 2.67. The number of piperidine rings is 1. The van der Waals surface area contributed by atoms with Crippen molar-refractivity contribution in [1.29, 1.82) is 0 Å². The lowest BCUT2D eigenvalue weighted by molar-refractivity contribution is -0.141. The Balaban J connectivity index is 2.37. The van der Waals surface area contributed by atoms with E-state index in [1.54, 1.807) is 0 Å². The summed E-state index contributed by atoms with van der Waals surface area (Å²) in [5.74, 6) is 0.528. The van der Waals surface area contributed by atoms with Crippen LogP contribution in [0.15, 0.2) is 0 Å². The number of hydrogen-bond acceptors (Lipinski definition) is 4. The summed E-state index contributed by atoms with van der Waals surface area (Å²) < 4.78 is 4.68. The molecule has 4 nitrogen and oxygen atoms in total. The molecule has 0 bridgehead atoms. The topological polar surface area (TPSA) is 41.6 Å². The molecule has 1 heterocycles. The fourth-order valence-electron chi connectivity index (χ4n) is 2.40. The molecule has 0 amide bonds. The Labute approximate surface area is 98.3 Å². The molecule has 0 saturated carbocycles. The minimum atomic E-state index is -0.0883. The van der Waals surface area contributed by atoms with Crippen LogP contribution < -0.4 is 5.32 Å². The van der Waals surface area contributed by atoms with Crippen molar-refractivity contribution in [2.75, 3.05) is 33.8 Å². The number of methoxy groups -OCH3 is 1. The molecule has 1 aliphatic heterocycles. The number of carbonyl (C=O) groups is 1. The predicted octanol–water partition coefficient (Wildman–Crippen LogP) is 0.869. The quantitative estimate of drug-likeness (QED) is 0.709. The summed E-state index contributed by atoms with van der Waals surface area (Å²) in [5.41, 5.74) is 0. The van der Waals surface area contributed by atoms with Crippen molar-refractivity contribution in [3.05, 3.63) is 0 Å². The fourth-order valence-corrected chi connectivity index (χ4v) is 2.40. The van der Waals surface area contributed by atoms with Gasteiger partial charge in [-0.05, 0) is 32.4 Å². The summed E-state index contributed by atoms with van der Waals surface area (Å²) >= 11 is 0. The van der Waals surface area contributed by atoms with E-state index in [0.717, 1.165) is 26.1 Å².